The highest BCUT2D eigenvalue weighted by atomic mass is 14.7. The zero-order chi connectivity index (χ0) is 8.27. The second-order valence-electron chi connectivity index (χ2n) is 2.47. The lowest BCUT2D eigenvalue weighted by atomic mass is 10.1. The molecule has 0 N–H and O–H groups in total. The molecule has 0 spiro atoms. The van der Waals surface area contributed by atoms with Crippen LogP contribution in [0.4, 0.5) is 0 Å². The molecule has 1 aromatic rings. The summed E-state index contributed by atoms with van der Waals surface area (Å²) >= 11 is 0. The number of benzene rings is 1. The van der Waals surface area contributed by atoms with E-state index in [2.05, 4.69) is 18.3 Å². The molecule has 1 rings (SSSR count). The third-order valence-corrected chi connectivity index (χ3v) is 1.54. The van der Waals surface area contributed by atoms with Gasteiger partial charge in [-0.25, -0.2) is 0 Å². The van der Waals surface area contributed by atoms with Crippen molar-refractivity contribution in [1.29, 1.82) is 0 Å². The third-order valence-electron chi connectivity index (χ3n) is 1.54. The Labute approximate surface area is 67.1 Å². The van der Waals surface area contributed by atoms with E-state index in [1.165, 1.54) is 5.56 Å². The summed E-state index contributed by atoms with van der Waals surface area (Å²) in [5.74, 6) is 0. The number of aryl methyl sites for hydroxylation is 1. The average molecular weight is 145 g/mol. The Morgan fingerprint density at radius 2 is 2.18 bits per heavy atom. The van der Waals surface area contributed by atoms with Crippen LogP contribution in [-0.4, -0.2) is 6.72 Å². The first-order chi connectivity index (χ1) is 5.24. The van der Waals surface area contributed by atoms with Gasteiger partial charge in [0.05, 0.1) is 5.70 Å². The van der Waals surface area contributed by atoms with Gasteiger partial charge in [0.2, 0.25) is 0 Å². The van der Waals surface area contributed by atoms with Crippen LogP contribution in [0.1, 0.15) is 11.1 Å². The number of nitrogens with zero attached hydrogens (tertiary/aromatic N) is 1. The molecule has 0 fully saturated rings. The number of rotatable bonds is 2. The van der Waals surface area contributed by atoms with Crippen LogP contribution in [-0.2, 0) is 0 Å². The normalized spacial score (nSPS) is 9.18. The molecule has 0 aliphatic heterocycles. The number of hydrogen-bond acceptors (Lipinski definition) is 1. The lowest BCUT2D eigenvalue weighted by Gasteiger charge is -1.99. The van der Waals surface area contributed by atoms with Crippen LogP contribution < -0.4 is 0 Å². The van der Waals surface area contributed by atoms with Crippen molar-refractivity contribution in [2.45, 2.75) is 6.92 Å². The molecule has 0 bridgehead atoms. The lowest BCUT2D eigenvalue weighted by Crippen LogP contribution is -1.79. The summed E-state index contributed by atoms with van der Waals surface area (Å²) in [6.45, 7) is 9.21. The van der Waals surface area contributed by atoms with E-state index >= 15 is 0 Å². The lowest BCUT2D eigenvalue weighted by molar-refractivity contribution is 1.43. The second-order valence-corrected chi connectivity index (χ2v) is 2.47. The summed E-state index contributed by atoms with van der Waals surface area (Å²) < 4.78 is 0. The van der Waals surface area contributed by atoms with Crippen LogP contribution in [0.25, 0.3) is 5.70 Å². The van der Waals surface area contributed by atoms with Gasteiger partial charge < -0.3 is 0 Å². The molecular formula is C10H11N. The van der Waals surface area contributed by atoms with Crippen molar-refractivity contribution in [3.05, 3.63) is 42.0 Å². The van der Waals surface area contributed by atoms with Crippen molar-refractivity contribution in [1.82, 2.24) is 0 Å². The maximum Gasteiger partial charge on any atom is 0.0623 e. The molecule has 56 valence electrons. The molecule has 0 radical (unpaired) electrons. The molecule has 0 heterocycles. The fourth-order valence-electron chi connectivity index (χ4n) is 0.916. The Morgan fingerprint density at radius 3 is 2.73 bits per heavy atom. The Kier molecular flexibility index (Phi) is 2.21. The maximum absolute atomic E-state index is 3.76. The van der Waals surface area contributed by atoms with E-state index in [1.54, 1.807) is 0 Å². The van der Waals surface area contributed by atoms with Crippen LogP contribution in [0.5, 0.6) is 0 Å². The molecule has 0 amide bonds. The quantitative estimate of drug-likeness (QED) is 0.567. The van der Waals surface area contributed by atoms with E-state index in [4.69, 9.17) is 0 Å². The maximum atomic E-state index is 3.76. The van der Waals surface area contributed by atoms with Crippen molar-refractivity contribution in [3.63, 3.8) is 0 Å². The second kappa shape index (κ2) is 3.15. The first-order valence-electron chi connectivity index (χ1n) is 3.46. The van der Waals surface area contributed by atoms with Gasteiger partial charge in [0.1, 0.15) is 0 Å². The highest BCUT2D eigenvalue weighted by Gasteiger charge is 1.93. The predicted octanol–water partition coefficient (Wildman–Crippen LogP) is 2.67. The van der Waals surface area contributed by atoms with Crippen LogP contribution >= 0.6 is 0 Å². The standard InChI is InChI=1S/C10H11N/c1-8-5-4-6-10(7-8)9(2)11-3/h4-7H,2-3H2,1H3. The van der Waals surface area contributed by atoms with Crippen LogP contribution in [0.2, 0.25) is 0 Å². The molecule has 0 aliphatic rings. The topological polar surface area (TPSA) is 12.4 Å². The predicted molar refractivity (Wildman–Crippen MR) is 49.8 cm³/mol. The van der Waals surface area contributed by atoms with E-state index in [0.29, 0.717) is 0 Å². The summed E-state index contributed by atoms with van der Waals surface area (Å²) in [7, 11) is 0. The van der Waals surface area contributed by atoms with Gasteiger partial charge in [0.15, 0.2) is 0 Å². The Bertz CT molecular complexity index is 287. The minimum atomic E-state index is 0.730. The molecule has 0 aromatic heterocycles. The Morgan fingerprint density at radius 1 is 1.45 bits per heavy atom. The van der Waals surface area contributed by atoms with E-state index in [1.807, 2.05) is 31.2 Å². The fourth-order valence-corrected chi connectivity index (χ4v) is 0.916. The minimum absolute atomic E-state index is 0.730. The molecule has 1 aromatic carbocycles. The fraction of sp³-hybridized carbons (Fsp3) is 0.100. The molecule has 11 heavy (non-hydrogen) atoms. The zero-order valence-electron chi connectivity index (χ0n) is 6.67. The van der Waals surface area contributed by atoms with Crippen molar-refractivity contribution in [2.24, 2.45) is 4.99 Å². The molecule has 0 saturated heterocycles. The van der Waals surface area contributed by atoms with Gasteiger partial charge in [0.25, 0.3) is 0 Å². The molecule has 0 atom stereocenters. The molecule has 1 nitrogen and oxygen atoms in total. The van der Waals surface area contributed by atoms with Gasteiger partial charge in [0, 0.05) is 0 Å². The van der Waals surface area contributed by atoms with E-state index < -0.39 is 0 Å². The average Bonchev–Trinajstić information content (AvgIpc) is 2.03. The summed E-state index contributed by atoms with van der Waals surface area (Å²) in [6.07, 6.45) is 0. The van der Waals surface area contributed by atoms with E-state index in [0.717, 1.165) is 11.3 Å². The van der Waals surface area contributed by atoms with Gasteiger partial charge in [-0.15, -0.1) is 0 Å². The van der Waals surface area contributed by atoms with Gasteiger partial charge >= 0.3 is 0 Å². The van der Waals surface area contributed by atoms with Crippen LogP contribution in [0, 0.1) is 6.92 Å². The van der Waals surface area contributed by atoms with Crippen molar-refractivity contribution in [3.8, 4) is 0 Å². The monoisotopic (exact) mass is 145 g/mol. The summed E-state index contributed by atoms with van der Waals surface area (Å²) in [5.41, 5.74) is 2.99. The summed E-state index contributed by atoms with van der Waals surface area (Å²) in [6, 6.07) is 8.04. The van der Waals surface area contributed by atoms with Crippen molar-refractivity contribution in [2.75, 3.05) is 0 Å². The third kappa shape index (κ3) is 1.77. The Hall–Kier alpha value is -1.37. The zero-order valence-corrected chi connectivity index (χ0v) is 6.67. The van der Waals surface area contributed by atoms with Gasteiger partial charge in [-0.05, 0) is 25.3 Å². The van der Waals surface area contributed by atoms with Crippen molar-refractivity contribution >= 4 is 12.4 Å². The number of aliphatic imine (C=N–C) groups is 1. The van der Waals surface area contributed by atoms with Crippen LogP contribution in [0.15, 0.2) is 35.8 Å². The minimum Gasteiger partial charge on any atom is -0.265 e. The van der Waals surface area contributed by atoms with E-state index in [9.17, 15) is 0 Å². The SMILES string of the molecule is C=NC(=C)c1cccc(C)c1. The smallest absolute Gasteiger partial charge is 0.0623 e. The largest absolute Gasteiger partial charge is 0.265 e. The Balaban J connectivity index is 3.05. The van der Waals surface area contributed by atoms with Gasteiger partial charge in [-0.1, -0.05) is 30.3 Å². The van der Waals surface area contributed by atoms with Crippen molar-refractivity contribution < 1.29 is 0 Å². The highest BCUT2D eigenvalue weighted by Crippen LogP contribution is 2.13. The molecular weight excluding hydrogens is 134 g/mol. The summed E-state index contributed by atoms with van der Waals surface area (Å²) in [4.78, 5) is 3.76. The molecule has 0 saturated carbocycles. The number of hydrogen-bond donors (Lipinski definition) is 0. The van der Waals surface area contributed by atoms with Crippen LogP contribution in [0.3, 0.4) is 0 Å². The molecule has 0 unspecified atom stereocenters. The van der Waals surface area contributed by atoms with E-state index in [-0.39, 0.29) is 0 Å². The molecule has 1 heteroatoms. The first-order valence-corrected chi connectivity index (χ1v) is 3.46. The van der Waals surface area contributed by atoms with Gasteiger partial charge in [-0.2, -0.15) is 0 Å². The molecule has 0 aliphatic carbocycles. The van der Waals surface area contributed by atoms with Gasteiger partial charge in [-0.3, -0.25) is 4.99 Å². The first kappa shape index (κ1) is 7.73. The summed E-state index contributed by atoms with van der Waals surface area (Å²) in [5, 5.41) is 0. The highest BCUT2D eigenvalue weighted by molar-refractivity contribution is 5.66.